The summed E-state index contributed by atoms with van der Waals surface area (Å²) in [5.74, 6) is -2.63. The van der Waals surface area contributed by atoms with E-state index in [1.165, 1.54) is 25.7 Å². The maximum Gasteiger partial charge on any atom is 0.573 e. The van der Waals surface area contributed by atoms with Gasteiger partial charge in [0.25, 0.3) is 0 Å². The Kier molecular flexibility index (Phi) is 6.76. The summed E-state index contributed by atoms with van der Waals surface area (Å²) >= 11 is 0. The molecule has 2 nitrogen and oxygen atoms in total. The lowest BCUT2D eigenvalue weighted by atomic mass is 9.66. The second kappa shape index (κ2) is 8.78. The van der Waals surface area contributed by atoms with Crippen molar-refractivity contribution in [2.45, 2.75) is 83.1 Å². The number of ether oxygens (including phenoxy) is 1. The molecule has 0 atom stereocenters. The molecule has 3 rings (SSSR count). The molecular formula is C22H29F5O2. The number of hydrogen-bond acceptors (Lipinski definition) is 2. The summed E-state index contributed by atoms with van der Waals surface area (Å²) < 4.78 is 69.5. The first kappa shape index (κ1) is 22.3. The average Bonchev–Trinajstić information content (AvgIpc) is 2.66. The molecule has 1 N–H and O–H groups in total. The van der Waals surface area contributed by atoms with Gasteiger partial charge in [0.2, 0.25) is 5.82 Å². The van der Waals surface area contributed by atoms with Gasteiger partial charge in [0, 0.05) is 5.56 Å². The fourth-order valence-electron chi connectivity index (χ4n) is 5.33. The summed E-state index contributed by atoms with van der Waals surface area (Å²) in [6, 6.07) is 1.75. The topological polar surface area (TPSA) is 29.5 Å². The molecule has 7 heteroatoms. The van der Waals surface area contributed by atoms with Crippen molar-refractivity contribution in [2.24, 2.45) is 17.8 Å². The summed E-state index contributed by atoms with van der Waals surface area (Å²) in [6.45, 7) is 2.20. The van der Waals surface area contributed by atoms with Crippen LogP contribution in [0.5, 0.6) is 5.75 Å². The Morgan fingerprint density at radius 3 is 2.14 bits per heavy atom. The maximum atomic E-state index is 14.1. The van der Waals surface area contributed by atoms with Crippen molar-refractivity contribution in [3.8, 4) is 5.75 Å². The first-order valence-corrected chi connectivity index (χ1v) is 10.6. The largest absolute Gasteiger partial charge is 0.573 e. The van der Waals surface area contributed by atoms with Crippen molar-refractivity contribution in [2.75, 3.05) is 0 Å². The Bertz CT molecular complexity index is 687. The van der Waals surface area contributed by atoms with E-state index in [0.29, 0.717) is 24.7 Å². The molecule has 0 aliphatic heterocycles. The zero-order valence-corrected chi connectivity index (χ0v) is 16.7. The first-order valence-electron chi connectivity index (χ1n) is 10.6. The molecule has 0 amide bonds. The van der Waals surface area contributed by atoms with Crippen molar-refractivity contribution in [3.05, 3.63) is 29.3 Å². The highest BCUT2D eigenvalue weighted by Crippen LogP contribution is 2.49. The van der Waals surface area contributed by atoms with Gasteiger partial charge < -0.3 is 9.84 Å². The third-order valence-electron chi connectivity index (χ3n) is 6.88. The lowest BCUT2D eigenvalue weighted by Crippen LogP contribution is -2.36. The van der Waals surface area contributed by atoms with E-state index in [4.69, 9.17) is 0 Å². The van der Waals surface area contributed by atoms with Crippen molar-refractivity contribution < 1.29 is 31.8 Å². The Hall–Kier alpha value is -1.37. The van der Waals surface area contributed by atoms with Crippen LogP contribution in [0.4, 0.5) is 22.0 Å². The molecule has 0 aromatic heterocycles. The molecule has 2 aliphatic rings. The summed E-state index contributed by atoms with van der Waals surface area (Å²) in [4.78, 5) is 0. The van der Waals surface area contributed by atoms with Crippen LogP contribution in [0.25, 0.3) is 0 Å². The molecular weight excluding hydrogens is 391 g/mol. The van der Waals surface area contributed by atoms with Gasteiger partial charge in [-0.2, -0.15) is 4.39 Å². The Labute approximate surface area is 168 Å². The molecule has 2 aliphatic carbocycles. The Morgan fingerprint density at radius 2 is 1.59 bits per heavy atom. The highest BCUT2D eigenvalue weighted by atomic mass is 19.4. The van der Waals surface area contributed by atoms with E-state index >= 15 is 0 Å². The van der Waals surface area contributed by atoms with Crippen LogP contribution in [-0.4, -0.2) is 11.5 Å². The minimum atomic E-state index is -5.17. The van der Waals surface area contributed by atoms with Crippen molar-refractivity contribution in [1.29, 1.82) is 0 Å². The second-order valence-corrected chi connectivity index (χ2v) is 8.72. The van der Waals surface area contributed by atoms with Gasteiger partial charge in [-0.1, -0.05) is 32.6 Å². The molecule has 2 saturated carbocycles. The third-order valence-corrected chi connectivity index (χ3v) is 6.88. The summed E-state index contributed by atoms with van der Waals surface area (Å²) in [5.41, 5.74) is -1.97. The van der Waals surface area contributed by atoms with E-state index in [1.54, 1.807) is 0 Å². The van der Waals surface area contributed by atoms with Crippen molar-refractivity contribution >= 4 is 0 Å². The number of halogens is 5. The van der Waals surface area contributed by atoms with Gasteiger partial charge in [0.15, 0.2) is 11.6 Å². The molecule has 164 valence electrons. The van der Waals surface area contributed by atoms with Crippen LogP contribution >= 0.6 is 0 Å². The zero-order chi connectivity index (χ0) is 21.2. The molecule has 0 bridgehead atoms. The molecule has 29 heavy (non-hydrogen) atoms. The molecule has 0 radical (unpaired) electrons. The average molecular weight is 420 g/mol. The van der Waals surface area contributed by atoms with Crippen molar-refractivity contribution in [1.82, 2.24) is 0 Å². The highest BCUT2D eigenvalue weighted by molar-refractivity contribution is 5.40. The molecule has 0 saturated heterocycles. The van der Waals surface area contributed by atoms with E-state index in [2.05, 4.69) is 11.7 Å². The van der Waals surface area contributed by atoms with Gasteiger partial charge in [-0.15, -0.1) is 13.2 Å². The molecule has 0 heterocycles. The lowest BCUT2D eigenvalue weighted by Gasteiger charge is -2.42. The number of alkyl halides is 3. The van der Waals surface area contributed by atoms with E-state index in [1.807, 2.05) is 0 Å². The van der Waals surface area contributed by atoms with Gasteiger partial charge in [0.1, 0.15) is 0 Å². The zero-order valence-electron chi connectivity index (χ0n) is 16.7. The van der Waals surface area contributed by atoms with E-state index in [0.717, 1.165) is 30.9 Å². The van der Waals surface area contributed by atoms with Crippen LogP contribution in [0.15, 0.2) is 12.1 Å². The number of aliphatic hydroxyl groups is 1. The van der Waals surface area contributed by atoms with E-state index in [-0.39, 0.29) is 18.4 Å². The maximum absolute atomic E-state index is 14.1. The number of hydrogen-bond donors (Lipinski definition) is 1. The summed E-state index contributed by atoms with van der Waals surface area (Å²) in [7, 11) is 0. The fraction of sp³-hybridized carbons (Fsp3) is 0.727. The molecule has 1 aromatic rings. The van der Waals surface area contributed by atoms with Gasteiger partial charge in [-0.05, 0) is 68.4 Å². The van der Waals surface area contributed by atoms with E-state index in [9.17, 15) is 27.1 Å². The van der Waals surface area contributed by atoms with Crippen LogP contribution < -0.4 is 4.74 Å². The molecule has 2 fully saturated rings. The van der Waals surface area contributed by atoms with Crippen LogP contribution in [0, 0.1) is 29.4 Å². The van der Waals surface area contributed by atoms with Crippen LogP contribution in [0.3, 0.4) is 0 Å². The molecule has 0 spiro atoms. The number of rotatable bonds is 5. The summed E-state index contributed by atoms with van der Waals surface area (Å²) in [6.07, 6.45) is 3.76. The van der Waals surface area contributed by atoms with Crippen LogP contribution in [0.1, 0.15) is 76.7 Å². The Morgan fingerprint density at radius 1 is 1.00 bits per heavy atom. The normalized spacial score (nSPS) is 30.9. The summed E-state index contributed by atoms with van der Waals surface area (Å²) in [5, 5.41) is 11.0. The van der Waals surface area contributed by atoms with Gasteiger partial charge in [0.05, 0.1) is 5.60 Å². The van der Waals surface area contributed by atoms with E-state index < -0.39 is 29.3 Å². The fourth-order valence-corrected chi connectivity index (χ4v) is 5.33. The standard InChI is InChI=1S/C22H29F5O2/c1-2-3-14-4-6-15(7-5-14)16-10-12-21(28,13-11-16)17-8-9-18(23)19(24)20(17)29-22(25,26)27/h8-9,14-16,28H,2-7,10-13H2,1H3. The van der Waals surface area contributed by atoms with Gasteiger partial charge in [-0.3, -0.25) is 0 Å². The lowest BCUT2D eigenvalue weighted by molar-refractivity contribution is -0.276. The van der Waals surface area contributed by atoms with Crippen LogP contribution in [0.2, 0.25) is 0 Å². The predicted molar refractivity (Wildman–Crippen MR) is 99.3 cm³/mol. The predicted octanol–water partition coefficient (Wildman–Crippen LogP) is 6.85. The smallest absolute Gasteiger partial charge is 0.402 e. The highest BCUT2D eigenvalue weighted by Gasteiger charge is 2.43. The molecule has 1 aromatic carbocycles. The quantitative estimate of drug-likeness (QED) is 0.528. The first-order chi connectivity index (χ1) is 13.6. The second-order valence-electron chi connectivity index (χ2n) is 8.72. The minimum Gasteiger partial charge on any atom is -0.402 e. The van der Waals surface area contributed by atoms with Gasteiger partial charge >= 0.3 is 6.36 Å². The van der Waals surface area contributed by atoms with Crippen molar-refractivity contribution in [3.63, 3.8) is 0 Å². The minimum absolute atomic E-state index is 0.214. The number of benzene rings is 1. The van der Waals surface area contributed by atoms with Gasteiger partial charge in [-0.25, -0.2) is 4.39 Å². The van der Waals surface area contributed by atoms with Crippen LogP contribution in [-0.2, 0) is 5.60 Å². The SMILES string of the molecule is CCCC1CCC(C2CCC(O)(c3ccc(F)c(F)c3OC(F)(F)F)CC2)CC1. The monoisotopic (exact) mass is 420 g/mol. The Balaban J connectivity index is 1.70. The molecule has 0 unspecified atom stereocenters. The third kappa shape index (κ3) is 5.22.